The average Bonchev–Trinajstić information content (AvgIpc) is 2.36. The molecule has 0 heterocycles. The number of anilines is 1. The zero-order chi connectivity index (χ0) is 13.1. The molecule has 0 saturated carbocycles. The summed E-state index contributed by atoms with van der Waals surface area (Å²) in [6.45, 7) is 0. The van der Waals surface area contributed by atoms with E-state index in [2.05, 4.69) is 15.9 Å². The smallest absolute Gasteiger partial charge is 0.145 e. The first kappa shape index (κ1) is 12.7. The Morgan fingerprint density at radius 3 is 2.61 bits per heavy atom. The summed E-state index contributed by atoms with van der Waals surface area (Å²) in [4.78, 5) is 0. The van der Waals surface area contributed by atoms with E-state index in [-0.39, 0.29) is 5.82 Å². The number of benzene rings is 2. The molecule has 0 aliphatic heterocycles. The van der Waals surface area contributed by atoms with Gasteiger partial charge in [0.2, 0.25) is 0 Å². The first-order chi connectivity index (χ1) is 8.60. The van der Waals surface area contributed by atoms with Gasteiger partial charge in [-0.15, -0.1) is 0 Å². The first-order valence-electron chi connectivity index (χ1n) is 5.16. The van der Waals surface area contributed by atoms with Crippen LogP contribution in [0.15, 0.2) is 40.9 Å². The number of hydrogen-bond donors (Lipinski definition) is 1. The molecule has 2 aromatic rings. The van der Waals surface area contributed by atoms with Crippen LogP contribution in [0.5, 0.6) is 17.2 Å². The zero-order valence-electron chi connectivity index (χ0n) is 9.61. The molecule has 0 fully saturated rings. The van der Waals surface area contributed by atoms with E-state index < -0.39 is 0 Å². The van der Waals surface area contributed by atoms with Gasteiger partial charge in [0.25, 0.3) is 0 Å². The van der Waals surface area contributed by atoms with E-state index >= 15 is 0 Å². The van der Waals surface area contributed by atoms with Crippen molar-refractivity contribution in [3.8, 4) is 17.2 Å². The van der Waals surface area contributed by atoms with Crippen LogP contribution in [0.25, 0.3) is 0 Å². The highest BCUT2D eigenvalue weighted by Gasteiger charge is 2.07. The summed E-state index contributed by atoms with van der Waals surface area (Å²) >= 11 is 3.29. The second-order valence-corrected chi connectivity index (χ2v) is 4.43. The molecule has 2 aromatic carbocycles. The maximum atomic E-state index is 13.1. The third-order valence-corrected chi connectivity index (χ3v) is 2.98. The van der Waals surface area contributed by atoms with Crippen LogP contribution in [-0.2, 0) is 0 Å². The number of rotatable bonds is 3. The minimum absolute atomic E-state index is 0.365. The molecule has 18 heavy (non-hydrogen) atoms. The Morgan fingerprint density at radius 1 is 1.11 bits per heavy atom. The lowest BCUT2D eigenvalue weighted by Crippen LogP contribution is -1.93. The van der Waals surface area contributed by atoms with E-state index in [0.29, 0.717) is 27.4 Å². The van der Waals surface area contributed by atoms with Gasteiger partial charge in [-0.05, 0) is 40.2 Å². The summed E-state index contributed by atoms with van der Waals surface area (Å²) in [5.41, 5.74) is 6.21. The van der Waals surface area contributed by atoms with Gasteiger partial charge in [0.1, 0.15) is 23.1 Å². The minimum atomic E-state index is -0.365. The topological polar surface area (TPSA) is 44.5 Å². The predicted molar refractivity (Wildman–Crippen MR) is 71.6 cm³/mol. The van der Waals surface area contributed by atoms with E-state index in [4.69, 9.17) is 15.2 Å². The van der Waals surface area contributed by atoms with Crippen molar-refractivity contribution in [3.63, 3.8) is 0 Å². The fourth-order valence-corrected chi connectivity index (χ4v) is 1.76. The van der Waals surface area contributed by atoms with Crippen LogP contribution in [-0.4, -0.2) is 7.11 Å². The molecule has 0 spiro atoms. The molecule has 0 saturated heterocycles. The molecular formula is C13H11BrFNO2. The second kappa shape index (κ2) is 5.27. The van der Waals surface area contributed by atoms with Crippen LogP contribution in [0.1, 0.15) is 0 Å². The summed E-state index contributed by atoms with van der Waals surface area (Å²) in [7, 11) is 1.52. The maximum Gasteiger partial charge on any atom is 0.145 e. The Balaban J connectivity index is 2.31. The third kappa shape index (κ3) is 2.73. The van der Waals surface area contributed by atoms with Gasteiger partial charge in [-0.2, -0.15) is 0 Å². The summed E-state index contributed by atoms with van der Waals surface area (Å²) in [5, 5.41) is 0. The quantitative estimate of drug-likeness (QED) is 0.872. The normalized spacial score (nSPS) is 10.2. The molecule has 3 nitrogen and oxygen atoms in total. The number of nitrogen functional groups attached to an aromatic ring is 1. The number of methoxy groups -OCH3 is 1. The molecule has 5 heteroatoms. The van der Waals surface area contributed by atoms with Crippen molar-refractivity contribution in [2.75, 3.05) is 12.8 Å². The minimum Gasteiger partial charge on any atom is -0.494 e. The van der Waals surface area contributed by atoms with Gasteiger partial charge < -0.3 is 15.2 Å². The lowest BCUT2D eigenvalue weighted by Gasteiger charge is -2.10. The second-order valence-electron chi connectivity index (χ2n) is 3.58. The van der Waals surface area contributed by atoms with Crippen LogP contribution >= 0.6 is 15.9 Å². The number of hydrogen-bond acceptors (Lipinski definition) is 3. The van der Waals surface area contributed by atoms with Crippen LogP contribution in [0.2, 0.25) is 0 Å². The van der Waals surface area contributed by atoms with Gasteiger partial charge in [0.05, 0.1) is 17.3 Å². The van der Waals surface area contributed by atoms with Crippen molar-refractivity contribution in [3.05, 3.63) is 46.7 Å². The van der Waals surface area contributed by atoms with E-state index in [1.165, 1.54) is 19.2 Å². The summed E-state index contributed by atoms with van der Waals surface area (Å²) < 4.78 is 24.4. The van der Waals surface area contributed by atoms with Crippen molar-refractivity contribution in [2.24, 2.45) is 0 Å². The number of halogens is 2. The highest BCUT2D eigenvalue weighted by Crippen LogP contribution is 2.33. The van der Waals surface area contributed by atoms with E-state index in [0.717, 1.165) is 0 Å². The predicted octanol–water partition coefficient (Wildman–Crippen LogP) is 3.97. The van der Waals surface area contributed by atoms with Gasteiger partial charge >= 0.3 is 0 Å². The summed E-state index contributed by atoms with van der Waals surface area (Å²) in [5.74, 6) is 1.06. The largest absolute Gasteiger partial charge is 0.494 e. The highest BCUT2D eigenvalue weighted by molar-refractivity contribution is 9.10. The van der Waals surface area contributed by atoms with Crippen molar-refractivity contribution in [1.82, 2.24) is 0 Å². The fourth-order valence-electron chi connectivity index (χ4n) is 1.44. The van der Waals surface area contributed by atoms with Gasteiger partial charge in [0.15, 0.2) is 0 Å². The lowest BCUT2D eigenvalue weighted by molar-refractivity contribution is 0.410. The molecule has 0 atom stereocenters. The molecule has 0 aliphatic rings. The Morgan fingerprint density at radius 2 is 1.89 bits per heavy atom. The number of nitrogens with two attached hydrogens (primary N) is 1. The van der Waals surface area contributed by atoms with Crippen LogP contribution in [0.4, 0.5) is 10.1 Å². The van der Waals surface area contributed by atoms with Crippen molar-refractivity contribution in [2.45, 2.75) is 0 Å². The standard InChI is InChI=1S/C13H11BrFNO2/c1-17-13-7-9(3-5-11(13)16)18-12-6-8(15)2-4-10(12)14/h2-7H,16H2,1H3. The zero-order valence-corrected chi connectivity index (χ0v) is 11.2. The van der Waals surface area contributed by atoms with Crippen LogP contribution in [0, 0.1) is 5.82 Å². The molecule has 2 N–H and O–H groups in total. The molecule has 0 radical (unpaired) electrons. The molecule has 0 bridgehead atoms. The maximum absolute atomic E-state index is 13.1. The Bertz CT molecular complexity index is 575. The number of ether oxygens (including phenoxy) is 2. The molecule has 0 amide bonds. The Hall–Kier alpha value is -1.75. The van der Waals surface area contributed by atoms with Gasteiger partial charge in [-0.25, -0.2) is 4.39 Å². The molecule has 0 aliphatic carbocycles. The van der Waals surface area contributed by atoms with Crippen LogP contribution in [0.3, 0.4) is 0 Å². The van der Waals surface area contributed by atoms with E-state index in [9.17, 15) is 4.39 Å². The first-order valence-corrected chi connectivity index (χ1v) is 5.96. The summed E-state index contributed by atoms with van der Waals surface area (Å²) in [6, 6.07) is 9.23. The van der Waals surface area contributed by atoms with Gasteiger partial charge in [-0.3, -0.25) is 0 Å². The SMILES string of the molecule is COc1cc(Oc2cc(F)ccc2Br)ccc1N. The van der Waals surface area contributed by atoms with Crippen molar-refractivity contribution >= 4 is 21.6 Å². The summed E-state index contributed by atoms with van der Waals surface area (Å²) in [6.07, 6.45) is 0. The Labute approximate surface area is 112 Å². The molecule has 2 rings (SSSR count). The fraction of sp³-hybridized carbons (Fsp3) is 0.0769. The average molecular weight is 312 g/mol. The molecular weight excluding hydrogens is 301 g/mol. The van der Waals surface area contributed by atoms with Gasteiger partial charge in [0, 0.05) is 12.1 Å². The van der Waals surface area contributed by atoms with E-state index in [1.54, 1.807) is 24.3 Å². The molecule has 0 unspecified atom stereocenters. The van der Waals surface area contributed by atoms with E-state index in [1.807, 2.05) is 0 Å². The van der Waals surface area contributed by atoms with Gasteiger partial charge in [-0.1, -0.05) is 0 Å². The van der Waals surface area contributed by atoms with Crippen molar-refractivity contribution < 1.29 is 13.9 Å². The molecule has 94 valence electrons. The highest BCUT2D eigenvalue weighted by atomic mass is 79.9. The lowest BCUT2D eigenvalue weighted by atomic mass is 10.3. The van der Waals surface area contributed by atoms with Crippen LogP contribution < -0.4 is 15.2 Å². The monoisotopic (exact) mass is 311 g/mol. The third-order valence-electron chi connectivity index (χ3n) is 2.33. The van der Waals surface area contributed by atoms with Crippen molar-refractivity contribution in [1.29, 1.82) is 0 Å². The molecule has 0 aromatic heterocycles. The Kier molecular flexibility index (Phi) is 3.72.